The first kappa shape index (κ1) is 20.7. The van der Waals surface area contributed by atoms with E-state index in [1.807, 2.05) is 34.9 Å². The number of carbonyl (C=O) groups is 1. The van der Waals surface area contributed by atoms with Crippen LogP contribution in [0.3, 0.4) is 0 Å². The van der Waals surface area contributed by atoms with Crippen molar-refractivity contribution < 1.29 is 13.6 Å². The van der Waals surface area contributed by atoms with Crippen LogP contribution in [0.4, 0.5) is 8.78 Å². The number of benzene rings is 2. The number of halogens is 2. The highest BCUT2D eigenvalue weighted by molar-refractivity contribution is 8.00. The number of Topliss-reactive ketones (excluding diaryl/α,β-unsaturated/α-hetero) is 1. The fraction of sp³-hybridized carbons (Fsp3) is 0.318. The van der Waals surface area contributed by atoms with Gasteiger partial charge in [0.1, 0.15) is 11.6 Å². The Kier molecular flexibility index (Phi) is 6.24. The van der Waals surface area contributed by atoms with Gasteiger partial charge in [-0.2, -0.15) is 0 Å². The Morgan fingerprint density at radius 3 is 2.53 bits per heavy atom. The Labute approximate surface area is 178 Å². The summed E-state index contributed by atoms with van der Waals surface area (Å²) in [7, 11) is 0. The van der Waals surface area contributed by atoms with Gasteiger partial charge in [-0.1, -0.05) is 30.0 Å². The topological polar surface area (TPSA) is 51.0 Å². The first-order valence-corrected chi connectivity index (χ1v) is 10.8. The summed E-state index contributed by atoms with van der Waals surface area (Å²) in [5, 5.41) is 8.67. The molecule has 0 spiro atoms. The summed E-state index contributed by atoms with van der Waals surface area (Å²) in [5.41, 5.74) is 0.784. The van der Waals surface area contributed by atoms with Crippen LogP contribution in [0.15, 0.2) is 53.7 Å². The molecule has 0 saturated carbocycles. The van der Waals surface area contributed by atoms with Crippen molar-refractivity contribution in [1.29, 1.82) is 0 Å². The van der Waals surface area contributed by atoms with Crippen molar-refractivity contribution in [2.45, 2.75) is 36.7 Å². The van der Waals surface area contributed by atoms with Crippen molar-refractivity contribution in [1.82, 2.24) is 19.7 Å². The standard InChI is InChI=1S/C22H22F2N4OS/c1-15(21(29)18-10-9-16(23)13-19(18)24)30-22-26-25-20(14-27-11-5-6-12-27)28(22)17-7-3-2-4-8-17/h2-4,7-10,13,15H,5-6,11-12,14H2,1H3. The van der Waals surface area contributed by atoms with Gasteiger partial charge in [0, 0.05) is 11.8 Å². The molecule has 0 amide bonds. The second-order valence-electron chi connectivity index (χ2n) is 7.30. The molecule has 8 heteroatoms. The van der Waals surface area contributed by atoms with Gasteiger partial charge in [-0.05, 0) is 57.1 Å². The second kappa shape index (κ2) is 9.06. The molecule has 30 heavy (non-hydrogen) atoms. The van der Waals surface area contributed by atoms with Crippen LogP contribution >= 0.6 is 11.8 Å². The Morgan fingerprint density at radius 2 is 1.83 bits per heavy atom. The number of hydrogen-bond donors (Lipinski definition) is 0. The van der Waals surface area contributed by atoms with E-state index < -0.39 is 22.7 Å². The van der Waals surface area contributed by atoms with Crippen LogP contribution in [-0.2, 0) is 6.54 Å². The van der Waals surface area contributed by atoms with Crippen LogP contribution in [0.25, 0.3) is 5.69 Å². The van der Waals surface area contributed by atoms with Gasteiger partial charge in [0.25, 0.3) is 0 Å². The summed E-state index contributed by atoms with van der Waals surface area (Å²) in [4.78, 5) is 15.1. The normalized spacial score (nSPS) is 15.4. The number of carbonyl (C=O) groups excluding carboxylic acids is 1. The molecule has 5 nitrogen and oxygen atoms in total. The Hall–Kier alpha value is -2.58. The summed E-state index contributed by atoms with van der Waals surface area (Å²) < 4.78 is 29.2. The van der Waals surface area contributed by atoms with Crippen LogP contribution < -0.4 is 0 Å². The van der Waals surface area contributed by atoms with E-state index in [9.17, 15) is 13.6 Å². The second-order valence-corrected chi connectivity index (χ2v) is 8.61. The zero-order chi connectivity index (χ0) is 21.1. The van der Waals surface area contributed by atoms with Gasteiger partial charge in [0.2, 0.25) is 0 Å². The molecular formula is C22H22F2N4OS. The fourth-order valence-electron chi connectivity index (χ4n) is 3.58. The molecule has 0 radical (unpaired) electrons. The van der Waals surface area contributed by atoms with E-state index >= 15 is 0 Å². The smallest absolute Gasteiger partial charge is 0.196 e. The van der Waals surface area contributed by atoms with E-state index in [1.165, 1.54) is 30.7 Å². The lowest BCUT2D eigenvalue weighted by molar-refractivity contribution is 0.0990. The Morgan fingerprint density at radius 1 is 1.10 bits per heavy atom. The fourth-order valence-corrected chi connectivity index (χ4v) is 4.53. The zero-order valence-corrected chi connectivity index (χ0v) is 17.4. The molecular weight excluding hydrogens is 406 g/mol. The van der Waals surface area contributed by atoms with Crippen LogP contribution in [-0.4, -0.2) is 43.8 Å². The number of hydrogen-bond acceptors (Lipinski definition) is 5. The predicted molar refractivity (Wildman–Crippen MR) is 112 cm³/mol. The summed E-state index contributed by atoms with van der Waals surface area (Å²) >= 11 is 1.22. The molecule has 1 saturated heterocycles. The quantitative estimate of drug-likeness (QED) is 0.410. The predicted octanol–water partition coefficient (Wildman–Crippen LogP) is 4.50. The Balaban J connectivity index is 1.61. The van der Waals surface area contributed by atoms with Gasteiger partial charge in [-0.25, -0.2) is 8.78 Å². The molecule has 2 heterocycles. The highest BCUT2D eigenvalue weighted by Crippen LogP contribution is 2.29. The van der Waals surface area contributed by atoms with E-state index in [-0.39, 0.29) is 5.56 Å². The van der Waals surface area contributed by atoms with E-state index in [0.717, 1.165) is 36.7 Å². The highest BCUT2D eigenvalue weighted by Gasteiger charge is 2.25. The summed E-state index contributed by atoms with van der Waals surface area (Å²) in [5.74, 6) is -1.18. The molecule has 1 aliphatic rings. The van der Waals surface area contributed by atoms with Crippen LogP contribution in [0.2, 0.25) is 0 Å². The third-order valence-corrected chi connectivity index (χ3v) is 6.17. The average Bonchev–Trinajstić information content (AvgIpc) is 3.38. The third-order valence-electron chi connectivity index (χ3n) is 5.13. The first-order chi connectivity index (χ1) is 14.5. The van der Waals surface area contributed by atoms with Crippen LogP contribution in [0.1, 0.15) is 35.9 Å². The lowest BCUT2D eigenvalue weighted by Gasteiger charge is -2.17. The van der Waals surface area contributed by atoms with Crippen LogP contribution in [0, 0.1) is 11.6 Å². The van der Waals surface area contributed by atoms with E-state index in [2.05, 4.69) is 15.1 Å². The molecule has 2 aromatic carbocycles. The molecule has 1 aliphatic heterocycles. The van der Waals surface area contributed by atoms with Crippen molar-refractivity contribution in [2.75, 3.05) is 13.1 Å². The monoisotopic (exact) mass is 428 g/mol. The van der Waals surface area contributed by atoms with Gasteiger partial charge in [0.15, 0.2) is 16.8 Å². The molecule has 0 aliphatic carbocycles. The molecule has 1 fully saturated rings. The number of nitrogens with zero attached hydrogens (tertiary/aromatic N) is 4. The van der Waals surface area contributed by atoms with Crippen molar-refractivity contribution in [3.63, 3.8) is 0 Å². The Bertz CT molecular complexity index is 1030. The largest absolute Gasteiger partial charge is 0.296 e. The SMILES string of the molecule is CC(Sc1nnc(CN2CCCC2)n1-c1ccccc1)C(=O)c1ccc(F)cc1F. The minimum atomic E-state index is -0.855. The van der Waals surface area contributed by atoms with Crippen molar-refractivity contribution >= 4 is 17.5 Å². The van der Waals surface area contributed by atoms with Crippen LogP contribution in [0.5, 0.6) is 0 Å². The third kappa shape index (κ3) is 4.44. The zero-order valence-electron chi connectivity index (χ0n) is 16.6. The first-order valence-electron chi connectivity index (χ1n) is 9.91. The number of likely N-dealkylation sites (tertiary alicyclic amines) is 1. The minimum absolute atomic E-state index is 0.125. The lowest BCUT2D eigenvalue weighted by Crippen LogP contribution is -2.21. The maximum atomic E-state index is 14.1. The number of aromatic nitrogens is 3. The number of thioether (sulfide) groups is 1. The molecule has 1 aromatic heterocycles. The molecule has 0 N–H and O–H groups in total. The number of para-hydroxylation sites is 1. The molecule has 4 rings (SSSR count). The maximum absolute atomic E-state index is 14.1. The van der Waals surface area contributed by atoms with Crippen molar-refractivity contribution in [3.8, 4) is 5.69 Å². The molecule has 1 unspecified atom stereocenters. The van der Waals surface area contributed by atoms with E-state index in [0.29, 0.717) is 11.7 Å². The molecule has 0 bridgehead atoms. The van der Waals surface area contributed by atoms with Crippen molar-refractivity contribution in [3.05, 3.63) is 71.6 Å². The van der Waals surface area contributed by atoms with Gasteiger partial charge >= 0.3 is 0 Å². The molecule has 3 aromatic rings. The maximum Gasteiger partial charge on any atom is 0.196 e. The average molecular weight is 429 g/mol. The van der Waals surface area contributed by atoms with Gasteiger partial charge in [-0.3, -0.25) is 14.3 Å². The van der Waals surface area contributed by atoms with Gasteiger partial charge < -0.3 is 0 Å². The number of rotatable bonds is 7. The number of ketones is 1. The molecule has 1 atom stereocenters. The van der Waals surface area contributed by atoms with E-state index in [1.54, 1.807) is 6.92 Å². The highest BCUT2D eigenvalue weighted by atomic mass is 32.2. The molecule has 156 valence electrons. The summed E-state index contributed by atoms with van der Waals surface area (Å²) in [6.07, 6.45) is 2.35. The van der Waals surface area contributed by atoms with E-state index in [4.69, 9.17) is 0 Å². The minimum Gasteiger partial charge on any atom is -0.296 e. The summed E-state index contributed by atoms with van der Waals surface area (Å²) in [6, 6.07) is 12.7. The van der Waals surface area contributed by atoms with Gasteiger partial charge in [0.05, 0.1) is 17.4 Å². The summed E-state index contributed by atoms with van der Waals surface area (Å²) in [6.45, 7) is 4.43. The van der Waals surface area contributed by atoms with Gasteiger partial charge in [-0.15, -0.1) is 10.2 Å². The lowest BCUT2D eigenvalue weighted by atomic mass is 10.1. The van der Waals surface area contributed by atoms with Crippen molar-refractivity contribution in [2.24, 2.45) is 0 Å².